The number of fused-ring (bicyclic) bond motifs is 1. The SMILES string of the molecule is Cc1cc(C(=O)NCc2ccccc2F)nc(Nc2ccc3c(c2)OCCO3)n1. The Morgan fingerprint density at radius 1 is 1.07 bits per heavy atom. The fourth-order valence-corrected chi connectivity index (χ4v) is 2.90. The number of aromatic nitrogens is 2. The Balaban J connectivity index is 1.48. The molecule has 2 aromatic carbocycles. The molecule has 0 unspecified atom stereocenters. The van der Waals surface area contributed by atoms with Crippen LogP contribution in [0.1, 0.15) is 21.7 Å². The van der Waals surface area contributed by atoms with Crippen LogP contribution in [0.25, 0.3) is 0 Å². The van der Waals surface area contributed by atoms with E-state index in [1.54, 1.807) is 43.3 Å². The highest BCUT2D eigenvalue weighted by Gasteiger charge is 2.14. The topological polar surface area (TPSA) is 85.4 Å². The van der Waals surface area contributed by atoms with Crippen molar-refractivity contribution in [1.82, 2.24) is 15.3 Å². The Kier molecular flexibility index (Phi) is 5.24. The first-order valence-corrected chi connectivity index (χ1v) is 9.12. The van der Waals surface area contributed by atoms with Crippen LogP contribution in [0.3, 0.4) is 0 Å². The second kappa shape index (κ2) is 8.14. The maximum atomic E-state index is 13.7. The number of nitrogens with zero attached hydrogens (tertiary/aromatic N) is 2. The summed E-state index contributed by atoms with van der Waals surface area (Å²) in [5.74, 6) is 0.811. The van der Waals surface area contributed by atoms with E-state index >= 15 is 0 Å². The molecule has 0 saturated carbocycles. The third-order valence-corrected chi connectivity index (χ3v) is 4.28. The predicted molar refractivity (Wildman–Crippen MR) is 105 cm³/mol. The molecule has 1 aliphatic heterocycles. The van der Waals surface area contributed by atoms with Gasteiger partial charge in [-0.25, -0.2) is 14.4 Å². The van der Waals surface area contributed by atoms with Gasteiger partial charge in [-0.2, -0.15) is 0 Å². The molecule has 2 heterocycles. The van der Waals surface area contributed by atoms with Crippen LogP contribution in [-0.2, 0) is 6.54 Å². The summed E-state index contributed by atoms with van der Waals surface area (Å²) < 4.78 is 24.8. The first kappa shape index (κ1) is 18.7. The molecule has 3 aromatic rings. The highest BCUT2D eigenvalue weighted by Crippen LogP contribution is 2.33. The van der Waals surface area contributed by atoms with Crippen molar-refractivity contribution in [2.45, 2.75) is 13.5 Å². The first-order valence-electron chi connectivity index (χ1n) is 9.12. The molecule has 2 N–H and O–H groups in total. The molecule has 0 spiro atoms. The summed E-state index contributed by atoms with van der Waals surface area (Å²) in [6.45, 7) is 2.85. The van der Waals surface area contributed by atoms with Crippen LogP contribution in [0.2, 0.25) is 0 Å². The standard InChI is InChI=1S/C21H19FN4O3/c1-13-10-17(20(27)23-12-14-4-2-3-5-16(14)22)26-21(24-13)25-15-6-7-18-19(11-15)29-9-8-28-18/h2-7,10-11H,8-9,12H2,1H3,(H,23,27)(H,24,25,26). The molecule has 0 fully saturated rings. The first-order chi connectivity index (χ1) is 14.1. The van der Waals surface area contributed by atoms with E-state index in [0.717, 1.165) is 0 Å². The predicted octanol–water partition coefficient (Wildman–Crippen LogP) is 3.37. The van der Waals surface area contributed by atoms with Crippen LogP contribution < -0.4 is 20.1 Å². The second-order valence-corrected chi connectivity index (χ2v) is 6.48. The number of halogens is 1. The van der Waals surface area contributed by atoms with E-state index < -0.39 is 5.91 Å². The van der Waals surface area contributed by atoms with Crippen molar-refractivity contribution in [2.24, 2.45) is 0 Å². The molecule has 7 nitrogen and oxygen atoms in total. The van der Waals surface area contributed by atoms with Gasteiger partial charge in [-0.1, -0.05) is 18.2 Å². The highest BCUT2D eigenvalue weighted by molar-refractivity contribution is 5.92. The van der Waals surface area contributed by atoms with Crippen molar-refractivity contribution in [3.8, 4) is 11.5 Å². The monoisotopic (exact) mass is 394 g/mol. The number of hydrogen-bond acceptors (Lipinski definition) is 6. The summed E-state index contributed by atoms with van der Waals surface area (Å²) in [4.78, 5) is 21.1. The van der Waals surface area contributed by atoms with E-state index in [4.69, 9.17) is 9.47 Å². The van der Waals surface area contributed by atoms with Crippen LogP contribution in [0.15, 0.2) is 48.5 Å². The molecule has 148 valence electrons. The molecule has 0 saturated heterocycles. The lowest BCUT2D eigenvalue weighted by molar-refractivity contribution is 0.0945. The average Bonchev–Trinajstić information content (AvgIpc) is 2.72. The van der Waals surface area contributed by atoms with Crippen molar-refractivity contribution in [1.29, 1.82) is 0 Å². The van der Waals surface area contributed by atoms with Crippen LogP contribution in [0, 0.1) is 12.7 Å². The van der Waals surface area contributed by atoms with Gasteiger partial charge in [-0.15, -0.1) is 0 Å². The quantitative estimate of drug-likeness (QED) is 0.690. The normalized spacial score (nSPS) is 12.3. The van der Waals surface area contributed by atoms with E-state index in [2.05, 4.69) is 20.6 Å². The van der Waals surface area contributed by atoms with E-state index in [9.17, 15) is 9.18 Å². The molecule has 0 bridgehead atoms. The lowest BCUT2D eigenvalue weighted by Crippen LogP contribution is -2.25. The number of benzene rings is 2. The molecule has 4 rings (SSSR count). The number of rotatable bonds is 5. The molecule has 29 heavy (non-hydrogen) atoms. The Labute approximate surface area is 166 Å². The van der Waals surface area contributed by atoms with Gasteiger partial charge in [0.2, 0.25) is 5.95 Å². The summed E-state index contributed by atoms with van der Waals surface area (Å²) in [5.41, 5.74) is 1.92. The summed E-state index contributed by atoms with van der Waals surface area (Å²) in [6, 6.07) is 13.3. The number of amides is 1. The van der Waals surface area contributed by atoms with Gasteiger partial charge in [0.15, 0.2) is 11.5 Å². The number of ether oxygens (including phenoxy) is 2. The maximum Gasteiger partial charge on any atom is 0.270 e. The Morgan fingerprint density at radius 3 is 2.69 bits per heavy atom. The molecule has 0 aliphatic carbocycles. The summed E-state index contributed by atoms with van der Waals surface area (Å²) >= 11 is 0. The van der Waals surface area contributed by atoms with Crippen molar-refractivity contribution >= 4 is 17.5 Å². The number of carbonyl (C=O) groups excluding carboxylic acids is 1. The maximum absolute atomic E-state index is 13.7. The smallest absolute Gasteiger partial charge is 0.270 e. The Hall–Kier alpha value is -3.68. The summed E-state index contributed by atoms with van der Waals surface area (Å²) in [6.07, 6.45) is 0. The molecule has 1 amide bonds. The number of anilines is 2. The van der Waals surface area contributed by atoms with Crippen LogP contribution >= 0.6 is 0 Å². The van der Waals surface area contributed by atoms with Gasteiger partial charge in [0.25, 0.3) is 5.91 Å². The summed E-state index contributed by atoms with van der Waals surface area (Å²) in [5, 5.41) is 5.76. The van der Waals surface area contributed by atoms with Crippen LogP contribution in [-0.4, -0.2) is 29.1 Å². The van der Waals surface area contributed by atoms with Crippen LogP contribution in [0.5, 0.6) is 11.5 Å². The Morgan fingerprint density at radius 2 is 1.86 bits per heavy atom. The lowest BCUT2D eigenvalue weighted by atomic mass is 10.2. The van der Waals surface area contributed by atoms with Gasteiger partial charge in [-0.3, -0.25) is 4.79 Å². The molecule has 0 atom stereocenters. The van der Waals surface area contributed by atoms with E-state index in [-0.39, 0.29) is 24.0 Å². The molecule has 1 aromatic heterocycles. The minimum absolute atomic E-state index is 0.0689. The fourth-order valence-electron chi connectivity index (χ4n) is 2.90. The van der Waals surface area contributed by atoms with Gasteiger partial charge in [0.1, 0.15) is 24.7 Å². The lowest BCUT2D eigenvalue weighted by Gasteiger charge is -2.19. The zero-order chi connectivity index (χ0) is 20.2. The fraction of sp³-hybridized carbons (Fsp3) is 0.190. The van der Waals surface area contributed by atoms with E-state index in [1.165, 1.54) is 6.07 Å². The molecule has 8 heteroatoms. The number of carbonyl (C=O) groups is 1. The third-order valence-electron chi connectivity index (χ3n) is 4.28. The van der Waals surface area contributed by atoms with Crippen molar-refractivity contribution in [2.75, 3.05) is 18.5 Å². The average molecular weight is 394 g/mol. The number of aryl methyl sites for hydroxylation is 1. The van der Waals surface area contributed by atoms with E-state index in [0.29, 0.717) is 41.7 Å². The highest BCUT2D eigenvalue weighted by atomic mass is 19.1. The van der Waals surface area contributed by atoms with Gasteiger partial charge in [0, 0.05) is 29.6 Å². The van der Waals surface area contributed by atoms with E-state index in [1.807, 2.05) is 6.07 Å². The van der Waals surface area contributed by atoms with Gasteiger partial charge < -0.3 is 20.1 Å². The summed E-state index contributed by atoms with van der Waals surface area (Å²) in [7, 11) is 0. The van der Waals surface area contributed by atoms with Crippen molar-refractivity contribution in [3.63, 3.8) is 0 Å². The Bertz CT molecular complexity index is 1060. The molecular weight excluding hydrogens is 375 g/mol. The molecule has 0 radical (unpaired) electrons. The zero-order valence-corrected chi connectivity index (χ0v) is 15.7. The van der Waals surface area contributed by atoms with Gasteiger partial charge >= 0.3 is 0 Å². The minimum atomic E-state index is -0.413. The molecule has 1 aliphatic rings. The number of hydrogen-bond donors (Lipinski definition) is 2. The zero-order valence-electron chi connectivity index (χ0n) is 15.7. The van der Waals surface area contributed by atoms with Crippen molar-refractivity contribution in [3.05, 3.63) is 71.3 Å². The van der Waals surface area contributed by atoms with Crippen LogP contribution in [0.4, 0.5) is 16.0 Å². The van der Waals surface area contributed by atoms with Crippen molar-refractivity contribution < 1.29 is 18.7 Å². The van der Waals surface area contributed by atoms with Gasteiger partial charge in [-0.05, 0) is 31.2 Å². The third kappa shape index (κ3) is 4.43. The van der Waals surface area contributed by atoms with Gasteiger partial charge in [0.05, 0.1) is 0 Å². The second-order valence-electron chi connectivity index (χ2n) is 6.48. The minimum Gasteiger partial charge on any atom is -0.486 e. The largest absolute Gasteiger partial charge is 0.486 e. The number of nitrogens with one attached hydrogen (secondary N) is 2. The molecular formula is C21H19FN4O3.